The molecule has 0 radical (unpaired) electrons. The first kappa shape index (κ1) is 13.9. The van der Waals surface area contributed by atoms with E-state index in [-0.39, 0.29) is 0 Å². The van der Waals surface area contributed by atoms with Crippen LogP contribution in [0, 0.1) is 5.92 Å². The minimum absolute atomic E-state index is 0.442. The molecule has 7 heteroatoms. The summed E-state index contributed by atoms with van der Waals surface area (Å²) in [5, 5.41) is 4.28. The van der Waals surface area contributed by atoms with Crippen LogP contribution < -0.4 is 9.64 Å². The van der Waals surface area contributed by atoms with Gasteiger partial charge in [0.15, 0.2) is 5.82 Å². The molecule has 1 atom stereocenters. The van der Waals surface area contributed by atoms with Crippen LogP contribution in [-0.4, -0.2) is 44.3 Å². The molecule has 23 heavy (non-hydrogen) atoms. The van der Waals surface area contributed by atoms with Crippen molar-refractivity contribution < 1.29 is 4.74 Å². The summed E-state index contributed by atoms with van der Waals surface area (Å²) >= 11 is 0. The van der Waals surface area contributed by atoms with Gasteiger partial charge in [-0.2, -0.15) is 5.10 Å². The van der Waals surface area contributed by atoms with Crippen LogP contribution in [0.3, 0.4) is 0 Å². The molecular weight excluding hydrogens is 292 g/mol. The Kier molecular flexibility index (Phi) is 3.75. The first-order valence-electron chi connectivity index (χ1n) is 7.83. The summed E-state index contributed by atoms with van der Waals surface area (Å²) in [5.74, 6) is 1.43. The number of anilines is 1. The van der Waals surface area contributed by atoms with Crippen molar-refractivity contribution in [2.24, 2.45) is 5.92 Å². The number of rotatable bonds is 4. The minimum atomic E-state index is 0.442. The van der Waals surface area contributed by atoms with Gasteiger partial charge in [-0.25, -0.2) is 19.5 Å². The zero-order valence-electron chi connectivity index (χ0n) is 12.7. The molecule has 1 unspecified atom stereocenters. The van der Waals surface area contributed by atoms with Crippen LogP contribution in [0.2, 0.25) is 0 Å². The maximum atomic E-state index is 5.72. The van der Waals surface area contributed by atoms with Gasteiger partial charge in [0.25, 0.3) is 0 Å². The van der Waals surface area contributed by atoms with E-state index in [1.807, 2.05) is 16.8 Å². The number of hydrogen-bond donors (Lipinski definition) is 0. The third-order valence-corrected chi connectivity index (χ3v) is 4.11. The van der Waals surface area contributed by atoms with E-state index in [1.54, 1.807) is 30.9 Å². The standard InChI is InChI=1S/C16H18N6O/c1-3-13(12-23-16-18-5-2-6-19-16)11-21(9-1)15-14-4-7-20-22(14)10-8-17-15/h2,4-8,10,13H,1,3,9,11-12H2. The summed E-state index contributed by atoms with van der Waals surface area (Å²) in [6, 6.07) is 4.23. The van der Waals surface area contributed by atoms with E-state index < -0.39 is 0 Å². The fourth-order valence-electron chi connectivity index (χ4n) is 3.03. The molecule has 7 nitrogen and oxygen atoms in total. The fraction of sp³-hybridized carbons (Fsp3) is 0.375. The maximum absolute atomic E-state index is 5.72. The summed E-state index contributed by atoms with van der Waals surface area (Å²) in [4.78, 5) is 15.1. The zero-order valence-corrected chi connectivity index (χ0v) is 12.7. The van der Waals surface area contributed by atoms with Gasteiger partial charge in [0.05, 0.1) is 12.8 Å². The monoisotopic (exact) mass is 310 g/mol. The van der Waals surface area contributed by atoms with Crippen molar-refractivity contribution in [2.45, 2.75) is 12.8 Å². The number of piperidine rings is 1. The first-order chi connectivity index (χ1) is 11.4. The van der Waals surface area contributed by atoms with Crippen LogP contribution in [0.25, 0.3) is 5.52 Å². The molecule has 1 saturated heterocycles. The Morgan fingerprint density at radius 1 is 1.13 bits per heavy atom. The lowest BCUT2D eigenvalue weighted by Gasteiger charge is -2.33. The second kappa shape index (κ2) is 6.20. The van der Waals surface area contributed by atoms with E-state index in [9.17, 15) is 0 Å². The van der Waals surface area contributed by atoms with Gasteiger partial charge in [0.1, 0.15) is 5.52 Å². The van der Waals surface area contributed by atoms with E-state index >= 15 is 0 Å². The molecule has 1 fully saturated rings. The Labute approximate surface area is 134 Å². The molecule has 0 saturated carbocycles. The average Bonchev–Trinajstić information content (AvgIpc) is 3.10. The van der Waals surface area contributed by atoms with Gasteiger partial charge < -0.3 is 9.64 Å². The molecule has 0 aliphatic carbocycles. The van der Waals surface area contributed by atoms with E-state index in [2.05, 4.69) is 25.0 Å². The van der Waals surface area contributed by atoms with Gasteiger partial charge in [-0.15, -0.1) is 0 Å². The molecule has 3 aromatic heterocycles. The third-order valence-electron chi connectivity index (χ3n) is 4.11. The molecule has 3 aromatic rings. The molecule has 0 N–H and O–H groups in total. The Morgan fingerprint density at radius 2 is 2.04 bits per heavy atom. The topological polar surface area (TPSA) is 68.4 Å². The normalized spacial score (nSPS) is 18.3. The van der Waals surface area contributed by atoms with Crippen LogP contribution in [0.4, 0.5) is 5.82 Å². The zero-order chi connectivity index (χ0) is 15.5. The van der Waals surface area contributed by atoms with Crippen molar-refractivity contribution in [3.8, 4) is 6.01 Å². The number of fused-ring (bicyclic) bond motifs is 1. The van der Waals surface area contributed by atoms with Crippen molar-refractivity contribution in [2.75, 3.05) is 24.6 Å². The van der Waals surface area contributed by atoms with Gasteiger partial charge in [-0.1, -0.05) is 0 Å². The van der Waals surface area contributed by atoms with Crippen LogP contribution in [-0.2, 0) is 0 Å². The molecule has 4 rings (SSSR count). The molecule has 0 amide bonds. The molecule has 0 spiro atoms. The second-order valence-electron chi connectivity index (χ2n) is 5.71. The van der Waals surface area contributed by atoms with E-state index in [0.717, 1.165) is 37.3 Å². The molecule has 1 aliphatic rings. The molecule has 0 bridgehead atoms. The maximum Gasteiger partial charge on any atom is 0.316 e. The van der Waals surface area contributed by atoms with Crippen LogP contribution >= 0.6 is 0 Å². The second-order valence-corrected chi connectivity index (χ2v) is 5.71. The largest absolute Gasteiger partial charge is 0.463 e. The highest BCUT2D eigenvalue weighted by atomic mass is 16.5. The highest BCUT2D eigenvalue weighted by molar-refractivity contribution is 5.68. The first-order valence-corrected chi connectivity index (χ1v) is 7.83. The van der Waals surface area contributed by atoms with Crippen molar-refractivity contribution in [3.05, 3.63) is 43.1 Å². The lowest BCUT2D eigenvalue weighted by molar-refractivity contribution is 0.214. The molecule has 0 aromatic carbocycles. The van der Waals surface area contributed by atoms with E-state index in [0.29, 0.717) is 18.5 Å². The van der Waals surface area contributed by atoms with Crippen molar-refractivity contribution in [3.63, 3.8) is 0 Å². The van der Waals surface area contributed by atoms with Gasteiger partial charge in [-0.05, 0) is 25.0 Å². The minimum Gasteiger partial charge on any atom is -0.463 e. The summed E-state index contributed by atoms with van der Waals surface area (Å²) in [6.45, 7) is 2.56. The van der Waals surface area contributed by atoms with Gasteiger partial charge in [-0.3, -0.25) is 0 Å². The van der Waals surface area contributed by atoms with E-state index in [1.165, 1.54) is 0 Å². The Bertz CT molecular complexity index is 774. The Balaban J connectivity index is 1.46. The molecule has 118 valence electrons. The smallest absolute Gasteiger partial charge is 0.316 e. The highest BCUT2D eigenvalue weighted by Gasteiger charge is 2.23. The van der Waals surface area contributed by atoms with Crippen molar-refractivity contribution >= 4 is 11.3 Å². The number of nitrogens with zero attached hydrogens (tertiary/aromatic N) is 6. The van der Waals surface area contributed by atoms with Crippen LogP contribution in [0.15, 0.2) is 43.1 Å². The highest BCUT2D eigenvalue weighted by Crippen LogP contribution is 2.25. The van der Waals surface area contributed by atoms with Gasteiger partial charge >= 0.3 is 6.01 Å². The quantitative estimate of drug-likeness (QED) is 0.732. The van der Waals surface area contributed by atoms with Crippen LogP contribution in [0.1, 0.15) is 12.8 Å². The summed E-state index contributed by atoms with van der Waals surface area (Å²) in [6.07, 6.45) is 11.1. The molecular formula is C16H18N6O. The predicted octanol–water partition coefficient (Wildman–Crippen LogP) is 1.81. The number of aromatic nitrogens is 5. The van der Waals surface area contributed by atoms with Gasteiger partial charge in [0.2, 0.25) is 0 Å². The molecule has 4 heterocycles. The SMILES string of the molecule is c1cnc(OCC2CCCN(c3nccn4nccc34)C2)nc1. The number of hydrogen-bond acceptors (Lipinski definition) is 6. The van der Waals surface area contributed by atoms with E-state index in [4.69, 9.17) is 4.74 Å². The fourth-order valence-corrected chi connectivity index (χ4v) is 3.03. The number of ether oxygens (including phenoxy) is 1. The lowest BCUT2D eigenvalue weighted by atomic mass is 9.99. The Morgan fingerprint density at radius 3 is 2.96 bits per heavy atom. The van der Waals surface area contributed by atoms with Crippen molar-refractivity contribution in [1.82, 2.24) is 24.6 Å². The van der Waals surface area contributed by atoms with Crippen LogP contribution in [0.5, 0.6) is 6.01 Å². The average molecular weight is 310 g/mol. The summed E-state index contributed by atoms with van der Waals surface area (Å²) < 4.78 is 7.58. The lowest BCUT2D eigenvalue weighted by Crippen LogP contribution is -2.38. The third kappa shape index (κ3) is 2.94. The Hall–Kier alpha value is -2.70. The van der Waals surface area contributed by atoms with Gasteiger partial charge in [0, 0.05) is 43.8 Å². The molecule has 1 aliphatic heterocycles. The summed E-state index contributed by atoms with van der Waals surface area (Å²) in [5.41, 5.74) is 1.04. The summed E-state index contributed by atoms with van der Waals surface area (Å²) in [7, 11) is 0. The predicted molar refractivity (Wildman–Crippen MR) is 85.5 cm³/mol. The van der Waals surface area contributed by atoms with Crippen molar-refractivity contribution in [1.29, 1.82) is 0 Å².